The van der Waals surface area contributed by atoms with Crippen LogP contribution < -0.4 is 9.80 Å². The maximum absolute atomic E-state index is 12.8. The first-order valence-electron chi connectivity index (χ1n) is 10.2. The summed E-state index contributed by atoms with van der Waals surface area (Å²) in [4.78, 5) is 33.7. The van der Waals surface area contributed by atoms with Gasteiger partial charge in [-0.25, -0.2) is 0 Å². The lowest BCUT2D eigenvalue weighted by molar-refractivity contribution is -0.137. The third-order valence-electron chi connectivity index (χ3n) is 6.17. The molecule has 1 unspecified atom stereocenters. The fourth-order valence-corrected chi connectivity index (χ4v) is 4.40. The minimum atomic E-state index is -0.206. The normalized spacial score (nSPS) is 24.6. The number of hydrogen-bond acceptors (Lipinski definition) is 4. The molecule has 0 radical (unpaired) electrons. The number of anilines is 2. The summed E-state index contributed by atoms with van der Waals surface area (Å²) < 4.78 is 0. The molecule has 4 rings (SSSR count). The molecule has 0 spiro atoms. The van der Waals surface area contributed by atoms with Gasteiger partial charge in [0.15, 0.2) is 0 Å². The topological polar surface area (TPSA) is 47.1 Å². The Labute approximate surface area is 161 Å². The summed E-state index contributed by atoms with van der Waals surface area (Å²) in [6, 6.07) is 8.29. The molecule has 0 saturated carbocycles. The highest BCUT2D eigenvalue weighted by molar-refractivity contribution is 6.00. The summed E-state index contributed by atoms with van der Waals surface area (Å²) in [6.45, 7) is 6.09. The third-order valence-corrected chi connectivity index (χ3v) is 6.17. The Bertz CT molecular complexity index is 676. The van der Waals surface area contributed by atoms with E-state index < -0.39 is 0 Å². The van der Waals surface area contributed by atoms with Crippen molar-refractivity contribution in [3.05, 3.63) is 24.3 Å². The quantitative estimate of drug-likeness (QED) is 0.814. The van der Waals surface area contributed by atoms with Gasteiger partial charge < -0.3 is 19.6 Å². The molecule has 2 amide bonds. The molecule has 3 saturated heterocycles. The van der Waals surface area contributed by atoms with E-state index in [4.69, 9.17) is 0 Å². The van der Waals surface area contributed by atoms with E-state index >= 15 is 0 Å². The molecule has 6 nitrogen and oxygen atoms in total. The lowest BCUT2D eigenvalue weighted by Gasteiger charge is -2.33. The van der Waals surface area contributed by atoms with Gasteiger partial charge in [0, 0.05) is 63.6 Å². The van der Waals surface area contributed by atoms with Crippen molar-refractivity contribution in [1.29, 1.82) is 0 Å². The third kappa shape index (κ3) is 3.95. The molecular weight excluding hydrogens is 340 g/mol. The second kappa shape index (κ2) is 7.89. The van der Waals surface area contributed by atoms with Gasteiger partial charge >= 0.3 is 0 Å². The lowest BCUT2D eigenvalue weighted by atomic mass is 10.1. The SMILES string of the molecule is CN1CCN(C(=O)C2CC(=O)N(c3ccc(N4CCCCC4)cc3)C2)CC1. The predicted octanol–water partition coefficient (Wildman–Crippen LogP) is 1.80. The van der Waals surface area contributed by atoms with Gasteiger partial charge in [-0.15, -0.1) is 0 Å². The van der Waals surface area contributed by atoms with Crippen LogP contribution in [0.5, 0.6) is 0 Å². The van der Waals surface area contributed by atoms with Crippen LogP contribution in [0.3, 0.4) is 0 Å². The van der Waals surface area contributed by atoms with Gasteiger partial charge in [0.1, 0.15) is 0 Å². The summed E-state index contributed by atoms with van der Waals surface area (Å²) in [5.74, 6) is -0.000218. The van der Waals surface area contributed by atoms with Crippen LogP contribution in [0.4, 0.5) is 11.4 Å². The molecule has 0 aromatic heterocycles. The van der Waals surface area contributed by atoms with Crippen LogP contribution in [-0.4, -0.2) is 74.5 Å². The smallest absolute Gasteiger partial charge is 0.228 e. The van der Waals surface area contributed by atoms with Crippen molar-refractivity contribution in [2.75, 3.05) is 62.7 Å². The number of amides is 2. The molecule has 27 heavy (non-hydrogen) atoms. The number of nitrogens with zero attached hydrogens (tertiary/aromatic N) is 4. The summed E-state index contributed by atoms with van der Waals surface area (Å²) in [5.41, 5.74) is 2.14. The molecular formula is C21H30N4O2. The second-order valence-corrected chi connectivity index (χ2v) is 8.10. The van der Waals surface area contributed by atoms with Crippen molar-refractivity contribution in [2.24, 2.45) is 5.92 Å². The zero-order valence-electron chi connectivity index (χ0n) is 16.3. The second-order valence-electron chi connectivity index (χ2n) is 8.10. The van der Waals surface area contributed by atoms with Gasteiger partial charge in [-0.3, -0.25) is 9.59 Å². The molecule has 0 N–H and O–H groups in total. The van der Waals surface area contributed by atoms with E-state index in [1.165, 1.54) is 24.9 Å². The summed E-state index contributed by atoms with van der Waals surface area (Å²) in [5, 5.41) is 0. The maximum atomic E-state index is 12.8. The van der Waals surface area contributed by atoms with E-state index in [1.54, 1.807) is 4.90 Å². The highest BCUT2D eigenvalue weighted by atomic mass is 16.2. The molecule has 146 valence electrons. The van der Waals surface area contributed by atoms with E-state index in [-0.39, 0.29) is 17.7 Å². The van der Waals surface area contributed by atoms with Gasteiger partial charge in [0.2, 0.25) is 11.8 Å². The van der Waals surface area contributed by atoms with Gasteiger partial charge in [-0.2, -0.15) is 0 Å². The zero-order chi connectivity index (χ0) is 18.8. The van der Waals surface area contributed by atoms with Crippen molar-refractivity contribution >= 4 is 23.2 Å². The highest BCUT2D eigenvalue weighted by Crippen LogP contribution is 2.29. The van der Waals surface area contributed by atoms with Gasteiger partial charge in [0.25, 0.3) is 0 Å². The van der Waals surface area contributed by atoms with E-state index in [9.17, 15) is 9.59 Å². The van der Waals surface area contributed by atoms with Crippen molar-refractivity contribution < 1.29 is 9.59 Å². The van der Waals surface area contributed by atoms with Crippen LogP contribution in [0.1, 0.15) is 25.7 Å². The Morgan fingerprint density at radius 1 is 0.889 bits per heavy atom. The zero-order valence-corrected chi connectivity index (χ0v) is 16.3. The van der Waals surface area contributed by atoms with E-state index in [0.29, 0.717) is 13.0 Å². The first-order chi connectivity index (χ1) is 13.1. The molecule has 3 fully saturated rings. The molecule has 0 aliphatic carbocycles. The standard InChI is InChI=1S/C21H30N4O2/c1-22-11-13-24(14-12-22)21(27)17-15-20(26)25(16-17)19-7-5-18(6-8-19)23-9-3-2-4-10-23/h5-8,17H,2-4,9-16H2,1H3. The van der Waals surface area contributed by atoms with Gasteiger partial charge in [-0.05, 0) is 50.6 Å². The molecule has 0 bridgehead atoms. The number of hydrogen-bond donors (Lipinski definition) is 0. The Kier molecular flexibility index (Phi) is 5.34. The van der Waals surface area contributed by atoms with Gasteiger partial charge in [-0.1, -0.05) is 0 Å². The molecule has 1 aromatic carbocycles. The molecule has 6 heteroatoms. The van der Waals surface area contributed by atoms with Crippen molar-refractivity contribution in [1.82, 2.24) is 9.80 Å². The number of benzene rings is 1. The Morgan fingerprint density at radius 3 is 2.19 bits per heavy atom. The average Bonchev–Trinajstić information content (AvgIpc) is 3.10. The monoisotopic (exact) mass is 370 g/mol. The Balaban J connectivity index is 1.39. The summed E-state index contributed by atoms with van der Waals surface area (Å²) >= 11 is 0. The number of rotatable bonds is 3. The number of likely N-dealkylation sites (N-methyl/N-ethyl adjacent to an activating group) is 1. The molecule has 3 heterocycles. The van der Waals surface area contributed by atoms with Crippen LogP contribution >= 0.6 is 0 Å². The van der Waals surface area contributed by atoms with Gasteiger partial charge in [0.05, 0.1) is 5.92 Å². The van der Waals surface area contributed by atoms with Crippen LogP contribution in [0.25, 0.3) is 0 Å². The average molecular weight is 370 g/mol. The van der Waals surface area contributed by atoms with Crippen LogP contribution in [0.15, 0.2) is 24.3 Å². The van der Waals surface area contributed by atoms with Crippen molar-refractivity contribution in [3.63, 3.8) is 0 Å². The molecule has 3 aliphatic rings. The summed E-state index contributed by atoms with van der Waals surface area (Å²) in [6.07, 6.45) is 4.16. The molecule has 3 aliphatic heterocycles. The largest absolute Gasteiger partial charge is 0.372 e. The number of piperazine rings is 1. The first kappa shape index (κ1) is 18.3. The minimum Gasteiger partial charge on any atom is -0.372 e. The maximum Gasteiger partial charge on any atom is 0.228 e. The van der Waals surface area contributed by atoms with Crippen molar-refractivity contribution in [2.45, 2.75) is 25.7 Å². The van der Waals surface area contributed by atoms with Crippen molar-refractivity contribution in [3.8, 4) is 0 Å². The predicted molar refractivity (Wildman–Crippen MR) is 107 cm³/mol. The van der Waals surface area contributed by atoms with E-state index in [2.05, 4.69) is 29.0 Å². The lowest BCUT2D eigenvalue weighted by Crippen LogP contribution is -2.49. The minimum absolute atomic E-state index is 0.0631. The van der Waals surface area contributed by atoms with Crippen LogP contribution in [0.2, 0.25) is 0 Å². The Morgan fingerprint density at radius 2 is 1.52 bits per heavy atom. The number of carbonyl (C=O) groups is 2. The van der Waals surface area contributed by atoms with Crippen LogP contribution in [-0.2, 0) is 9.59 Å². The van der Waals surface area contributed by atoms with Crippen LogP contribution in [0, 0.1) is 5.92 Å². The molecule has 1 aromatic rings. The number of carbonyl (C=O) groups excluding carboxylic acids is 2. The number of piperidine rings is 1. The fourth-order valence-electron chi connectivity index (χ4n) is 4.40. The first-order valence-corrected chi connectivity index (χ1v) is 10.2. The fraction of sp³-hybridized carbons (Fsp3) is 0.619. The summed E-state index contributed by atoms with van der Waals surface area (Å²) in [7, 11) is 2.08. The Hall–Kier alpha value is -2.08. The highest BCUT2D eigenvalue weighted by Gasteiger charge is 2.37. The van der Waals surface area contributed by atoms with E-state index in [0.717, 1.165) is 45.0 Å². The van der Waals surface area contributed by atoms with E-state index in [1.807, 2.05) is 17.0 Å². The molecule has 1 atom stereocenters.